The molecule has 0 atom stereocenters. The number of morpholine rings is 1. The van der Waals surface area contributed by atoms with Crippen molar-refractivity contribution in [2.75, 3.05) is 26.3 Å². The Morgan fingerprint density at radius 3 is 2.71 bits per heavy atom. The molecule has 110 valence electrons. The number of carbonyl (C=O) groups excluding carboxylic acids is 1. The number of benzene rings is 1. The molecule has 8 nitrogen and oxygen atoms in total. The summed E-state index contributed by atoms with van der Waals surface area (Å²) in [6, 6.07) is 6.09. The maximum Gasteiger partial charge on any atom is 0.377 e. The third kappa shape index (κ3) is 2.67. The van der Waals surface area contributed by atoms with Gasteiger partial charge in [-0.3, -0.25) is 0 Å². The van der Waals surface area contributed by atoms with E-state index in [2.05, 4.69) is 10.4 Å². The second kappa shape index (κ2) is 5.66. The molecule has 1 aliphatic heterocycles. The summed E-state index contributed by atoms with van der Waals surface area (Å²) in [6.45, 7) is 1.75. The molecule has 0 aliphatic carbocycles. The van der Waals surface area contributed by atoms with Crippen LogP contribution in [0.2, 0.25) is 5.02 Å². The van der Waals surface area contributed by atoms with Gasteiger partial charge in [0.15, 0.2) is 0 Å². The number of nitrogens with zero attached hydrogens (tertiary/aromatic N) is 5. The minimum atomic E-state index is -0.631. The summed E-state index contributed by atoms with van der Waals surface area (Å²) in [4.78, 5) is 26.0. The minimum Gasteiger partial charge on any atom is -0.378 e. The zero-order valence-electron chi connectivity index (χ0n) is 11.0. The summed E-state index contributed by atoms with van der Waals surface area (Å²) in [5, 5.41) is 7.83. The fraction of sp³-hybridized carbons (Fsp3) is 0.333. The Hall–Kier alpha value is -2.19. The Morgan fingerprint density at radius 1 is 1.24 bits per heavy atom. The highest BCUT2D eigenvalue weighted by molar-refractivity contribution is 6.30. The van der Waals surface area contributed by atoms with Gasteiger partial charge in [-0.15, -0.1) is 4.68 Å². The highest BCUT2D eigenvalue weighted by Crippen LogP contribution is 2.12. The molecule has 2 heterocycles. The second-order valence-corrected chi connectivity index (χ2v) is 4.88. The third-order valence-electron chi connectivity index (χ3n) is 3.10. The van der Waals surface area contributed by atoms with E-state index in [9.17, 15) is 9.59 Å². The van der Waals surface area contributed by atoms with Gasteiger partial charge >= 0.3 is 11.7 Å². The Labute approximate surface area is 124 Å². The van der Waals surface area contributed by atoms with Crippen molar-refractivity contribution in [1.29, 1.82) is 0 Å². The largest absolute Gasteiger partial charge is 0.378 e. The van der Waals surface area contributed by atoms with Gasteiger partial charge in [0.1, 0.15) is 0 Å². The van der Waals surface area contributed by atoms with Crippen LogP contribution in [0.25, 0.3) is 5.69 Å². The van der Waals surface area contributed by atoms with Crippen molar-refractivity contribution in [3.63, 3.8) is 0 Å². The third-order valence-corrected chi connectivity index (χ3v) is 3.33. The topological polar surface area (TPSA) is 82.2 Å². The fourth-order valence-electron chi connectivity index (χ4n) is 2.02. The minimum absolute atomic E-state index is 0.426. The van der Waals surface area contributed by atoms with E-state index >= 15 is 0 Å². The predicted octanol–water partition coefficient (Wildman–Crippen LogP) is 0.383. The molecule has 21 heavy (non-hydrogen) atoms. The lowest BCUT2D eigenvalue weighted by atomic mass is 10.3. The zero-order chi connectivity index (χ0) is 14.8. The van der Waals surface area contributed by atoms with Crippen molar-refractivity contribution in [1.82, 2.24) is 24.7 Å². The van der Waals surface area contributed by atoms with E-state index in [0.717, 1.165) is 9.36 Å². The molecule has 0 radical (unpaired) electrons. The fourth-order valence-corrected chi connectivity index (χ4v) is 2.21. The van der Waals surface area contributed by atoms with Gasteiger partial charge in [0.2, 0.25) is 0 Å². The summed E-state index contributed by atoms with van der Waals surface area (Å²) in [6.07, 6.45) is 0. The van der Waals surface area contributed by atoms with Crippen LogP contribution in [0.5, 0.6) is 0 Å². The van der Waals surface area contributed by atoms with Crippen LogP contribution >= 0.6 is 11.6 Å². The smallest absolute Gasteiger partial charge is 0.377 e. The first-order chi connectivity index (χ1) is 10.2. The summed E-state index contributed by atoms with van der Waals surface area (Å²) in [7, 11) is 0. The molecule has 0 N–H and O–H groups in total. The molecule has 1 aromatic heterocycles. The van der Waals surface area contributed by atoms with Crippen LogP contribution < -0.4 is 5.69 Å². The lowest BCUT2D eigenvalue weighted by Crippen LogP contribution is -2.46. The standard InChI is InChI=1S/C12H12ClN5O3/c13-9-2-1-3-10(8-9)17-12(20)18(15-14-17)11(19)16-4-6-21-7-5-16/h1-3,8H,4-7H2. The molecule has 0 unspecified atom stereocenters. The van der Waals surface area contributed by atoms with Crippen molar-refractivity contribution in [2.24, 2.45) is 0 Å². The lowest BCUT2D eigenvalue weighted by molar-refractivity contribution is 0.0525. The normalized spacial score (nSPS) is 15.2. The number of halogens is 1. The van der Waals surface area contributed by atoms with Gasteiger partial charge < -0.3 is 9.64 Å². The highest BCUT2D eigenvalue weighted by Gasteiger charge is 2.23. The van der Waals surface area contributed by atoms with E-state index in [0.29, 0.717) is 37.0 Å². The Balaban J connectivity index is 1.92. The molecule has 2 aromatic rings. The number of aromatic nitrogens is 4. The van der Waals surface area contributed by atoms with Crippen LogP contribution in [0, 0.1) is 0 Å². The molecule has 3 rings (SSSR count). The highest BCUT2D eigenvalue weighted by atomic mass is 35.5. The van der Waals surface area contributed by atoms with E-state index in [4.69, 9.17) is 16.3 Å². The van der Waals surface area contributed by atoms with Crippen LogP contribution in [0.15, 0.2) is 29.1 Å². The quantitative estimate of drug-likeness (QED) is 0.711. The first-order valence-corrected chi connectivity index (χ1v) is 6.72. The van der Waals surface area contributed by atoms with E-state index < -0.39 is 11.7 Å². The number of amides is 1. The molecular weight excluding hydrogens is 298 g/mol. The molecule has 1 saturated heterocycles. The van der Waals surface area contributed by atoms with Crippen molar-refractivity contribution >= 4 is 17.6 Å². The molecule has 1 aliphatic rings. The molecule has 0 bridgehead atoms. The SMILES string of the molecule is O=C(N1CCOCC1)n1nnn(-c2cccc(Cl)c2)c1=O. The van der Waals surface area contributed by atoms with Crippen LogP contribution in [0.4, 0.5) is 4.79 Å². The number of hydrogen-bond donors (Lipinski definition) is 0. The number of rotatable bonds is 1. The molecule has 1 fully saturated rings. The average molecular weight is 310 g/mol. The van der Waals surface area contributed by atoms with Crippen molar-refractivity contribution < 1.29 is 9.53 Å². The van der Waals surface area contributed by atoms with Crippen LogP contribution in [0.1, 0.15) is 0 Å². The lowest BCUT2D eigenvalue weighted by Gasteiger charge is -2.25. The van der Waals surface area contributed by atoms with Crippen molar-refractivity contribution in [3.8, 4) is 5.69 Å². The Morgan fingerprint density at radius 2 is 2.00 bits per heavy atom. The van der Waals surface area contributed by atoms with Gasteiger partial charge in [-0.1, -0.05) is 17.7 Å². The summed E-state index contributed by atoms with van der Waals surface area (Å²) < 4.78 is 6.94. The maximum atomic E-state index is 12.2. The van der Waals surface area contributed by atoms with Gasteiger partial charge in [-0.05, 0) is 28.6 Å². The summed E-state index contributed by atoms with van der Waals surface area (Å²) >= 11 is 5.88. The van der Waals surface area contributed by atoms with Gasteiger partial charge in [0.25, 0.3) is 0 Å². The summed E-state index contributed by atoms with van der Waals surface area (Å²) in [5.41, 5.74) is -0.178. The Kier molecular flexibility index (Phi) is 3.72. The van der Waals surface area contributed by atoms with Gasteiger partial charge in [-0.25, -0.2) is 9.59 Å². The van der Waals surface area contributed by atoms with Gasteiger partial charge in [0, 0.05) is 18.1 Å². The molecule has 1 aromatic carbocycles. The van der Waals surface area contributed by atoms with Gasteiger partial charge in [0.05, 0.1) is 18.9 Å². The van der Waals surface area contributed by atoms with E-state index in [1.807, 2.05) is 0 Å². The van der Waals surface area contributed by atoms with Crippen LogP contribution in [-0.4, -0.2) is 57.0 Å². The first kappa shape index (κ1) is 13.8. The van der Waals surface area contributed by atoms with Crippen molar-refractivity contribution in [2.45, 2.75) is 0 Å². The Bertz CT molecular complexity index is 720. The number of carbonyl (C=O) groups is 1. The predicted molar refractivity (Wildman–Crippen MR) is 73.8 cm³/mol. The second-order valence-electron chi connectivity index (χ2n) is 4.45. The van der Waals surface area contributed by atoms with Crippen LogP contribution in [-0.2, 0) is 4.74 Å². The van der Waals surface area contributed by atoms with E-state index in [1.54, 1.807) is 24.3 Å². The number of tetrazole rings is 1. The number of ether oxygens (including phenoxy) is 1. The molecule has 0 spiro atoms. The number of hydrogen-bond acceptors (Lipinski definition) is 5. The first-order valence-electron chi connectivity index (χ1n) is 6.35. The molecule has 9 heteroatoms. The van der Waals surface area contributed by atoms with Crippen molar-refractivity contribution in [3.05, 3.63) is 39.8 Å². The van der Waals surface area contributed by atoms with E-state index in [-0.39, 0.29) is 0 Å². The molecular formula is C12H12ClN5O3. The molecule has 1 amide bonds. The van der Waals surface area contributed by atoms with Crippen LogP contribution in [0.3, 0.4) is 0 Å². The van der Waals surface area contributed by atoms with E-state index in [1.165, 1.54) is 4.90 Å². The maximum absolute atomic E-state index is 12.2. The van der Waals surface area contributed by atoms with Gasteiger partial charge in [-0.2, -0.15) is 4.68 Å². The zero-order valence-corrected chi connectivity index (χ0v) is 11.7. The summed E-state index contributed by atoms with van der Waals surface area (Å²) in [5.74, 6) is 0. The molecule has 0 saturated carbocycles. The average Bonchev–Trinajstić information content (AvgIpc) is 2.89. The monoisotopic (exact) mass is 309 g/mol.